The van der Waals surface area contributed by atoms with Crippen molar-refractivity contribution in [3.8, 4) is 22.6 Å². The van der Waals surface area contributed by atoms with E-state index in [9.17, 15) is 9.59 Å². The lowest BCUT2D eigenvalue weighted by Gasteiger charge is -2.21. The monoisotopic (exact) mass is 458 g/mol. The molecule has 1 N–H and O–H groups in total. The smallest absolute Gasteiger partial charge is 0.321 e. The molecule has 2 aromatic carbocycles. The van der Waals surface area contributed by atoms with Gasteiger partial charge in [0.25, 0.3) is 0 Å². The van der Waals surface area contributed by atoms with Gasteiger partial charge in [0.2, 0.25) is 5.91 Å². The molecule has 1 fully saturated rings. The number of carbonyl (C=O) groups excluding carboxylic acids is 2. The standard InChI is InChI=1S/C26H26N4O4/c1-33-23-15-20(19-3-2-8-27-16-19)14-21-17-29(11-12-34-25(21)23)24(31)13-18-4-6-22(7-5-18)30-10-9-28-26(30)32/h2-8,14-16H,9-13,17H2,1H3,(H,28,32). The van der Waals surface area contributed by atoms with Crippen LogP contribution in [-0.2, 0) is 17.8 Å². The normalized spacial score (nSPS) is 15.3. The Balaban J connectivity index is 1.34. The van der Waals surface area contributed by atoms with Gasteiger partial charge in [-0.1, -0.05) is 18.2 Å². The number of methoxy groups -OCH3 is 1. The molecular formula is C26H26N4O4. The highest BCUT2D eigenvalue weighted by atomic mass is 16.5. The maximum absolute atomic E-state index is 13.2. The molecule has 0 unspecified atom stereocenters. The number of nitrogens with one attached hydrogen (secondary N) is 1. The first-order chi connectivity index (χ1) is 16.6. The van der Waals surface area contributed by atoms with E-state index in [1.807, 2.05) is 53.4 Å². The molecule has 0 saturated carbocycles. The van der Waals surface area contributed by atoms with Crippen LogP contribution >= 0.6 is 0 Å². The Morgan fingerprint density at radius 1 is 1.15 bits per heavy atom. The summed E-state index contributed by atoms with van der Waals surface area (Å²) in [6.45, 7) is 2.61. The van der Waals surface area contributed by atoms with Gasteiger partial charge in [-0.2, -0.15) is 0 Å². The number of fused-ring (bicyclic) bond motifs is 1. The summed E-state index contributed by atoms with van der Waals surface area (Å²) >= 11 is 0. The number of benzene rings is 2. The van der Waals surface area contributed by atoms with Gasteiger partial charge in [-0.25, -0.2) is 4.79 Å². The van der Waals surface area contributed by atoms with Crippen LogP contribution in [0.4, 0.5) is 10.5 Å². The minimum atomic E-state index is -0.0897. The number of ether oxygens (including phenoxy) is 2. The van der Waals surface area contributed by atoms with E-state index in [-0.39, 0.29) is 18.4 Å². The summed E-state index contributed by atoms with van der Waals surface area (Å²) in [6.07, 6.45) is 3.82. The van der Waals surface area contributed by atoms with Gasteiger partial charge in [0.15, 0.2) is 11.5 Å². The number of amides is 3. The van der Waals surface area contributed by atoms with Crippen molar-refractivity contribution in [1.82, 2.24) is 15.2 Å². The third-order valence-corrected chi connectivity index (χ3v) is 6.13. The van der Waals surface area contributed by atoms with Crippen molar-refractivity contribution in [2.45, 2.75) is 13.0 Å². The Hall–Kier alpha value is -4.07. The minimum absolute atomic E-state index is 0.0221. The van der Waals surface area contributed by atoms with Crippen LogP contribution in [0.2, 0.25) is 0 Å². The highest BCUT2D eigenvalue weighted by Gasteiger charge is 2.24. The van der Waals surface area contributed by atoms with E-state index in [1.165, 1.54) is 0 Å². The van der Waals surface area contributed by atoms with E-state index in [0.29, 0.717) is 44.3 Å². The lowest BCUT2D eigenvalue weighted by Crippen LogP contribution is -2.33. The number of hydrogen-bond acceptors (Lipinski definition) is 5. The van der Waals surface area contributed by atoms with E-state index in [0.717, 1.165) is 27.9 Å². The summed E-state index contributed by atoms with van der Waals surface area (Å²) in [5.41, 5.74) is 4.57. The predicted molar refractivity (Wildman–Crippen MR) is 128 cm³/mol. The largest absolute Gasteiger partial charge is 0.493 e. The fraction of sp³-hybridized carbons (Fsp3) is 0.269. The fourth-order valence-electron chi connectivity index (χ4n) is 4.35. The Bertz CT molecular complexity index is 1200. The molecule has 0 radical (unpaired) electrons. The molecule has 2 aliphatic heterocycles. The first-order valence-corrected chi connectivity index (χ1v) is 11.3. The van der Waals surface area contributed by atoms with Crippen molar-refractivity contribution in [2.75, 3.05) is 38.3 Å². The summed E-state index contributed by atoms with van der Waals surface area (Å²) in [5.74, 6) is 1.35. The molecule has 8 nitrogen and oxygen atoms in total. The van der Waals surface area contributed by atoms with Crippen LogP contribution in [0.15, 0.2) is 60.9 Å². The third-order valence-electron chi connectivity index (χ3n) is 6.13. The maximum atomic E-state index is 13.2. The van der Waals surface area contributed by atoms with Gasteiger partial charge in [-0.3, -0.25) is 14.7 Å². The van der Waals surface area contributed by atoms with Gasteiger partial charge in [0, 0.05) is 48.8 Å². The van der Waals surface area contributed by atoms with Crippen LogP contribution in [0.1, 0.15) is 11.1 Å². The number of urea groups is 1. The molecule has 0 spiro atoms. The van der Waals surface area contributed by atoms with Crippen molar-refractivity contribution >= 4 is 17.6 Å². The van der Waals surface area contributed by atoms with Gasteiger partial charge >= 0.3 is 6.03 Å². The molecule has 0 aliphatic carbocycles. The molecule has 0 bridgehead atoms. The highest BCUT2D eigenvalue weighted by Crippen LogP contribution is 2.38. The van der Waals surface area contributed by atoms with Crippen LogP contribution in [-0.4, -0.2) is 55.2 Å². The Labute approximate surface area is 198 Å². The second-order valence-corrected chi connectivity index (χ2v) is 8.30. The summed E-state index contributed by atoms with van der Waals surface area (Å²) in [5, 5.41) is 2.80. The fourth-order valence-corrected chi connectivity index (χ4v) is 4.35. The van der Waals surface area contributed by atoms with Gasteiger partial charge in [-0.15, -0.1) is 0 Å². The second-order valence-electron chi connectivity index (χ2n) is 8.30. The van der Waals surface area contributed by atoms with E-state index in [1.54, 1.807) is 24.4 Å². The molecule has 1 saturated heterocycles. The molecular weight excluding hydrogens is 432 g/mol. The summed E-state index contributed by atoms with van der Waals surface area (Å²) in [6, 6.07) is 15.4. The zero-order valence-electron chi connectivity index (χ0n) is 19.0. The minimum Gasteiger partial charge on any atom is -0.493 e. The van der Waals surface area contributed by atoms with Gasteiger partial charge < -0.3 is 19.7 Å². The van der Waals surface area contributed by atoms with Crippen LogP contribution < -0.4 is 19.7 Å². The molecule has 2 aliphatic rings. The van der Waals surface area contributed by atoms with Gasteiger partial charge in [0.1, 0.15) is 6.61 Å². The molecule has 3 heterocycles. The van der Waals surface area contributed by atoms with Crippen LogP contribution in [0.5, 0.6) is 11.5 Å². The molecule has 5 rings (SSSR count). The Morgan fingerprint density at radius 2 is 2.00 bits per heavy atom. The van der Waals surface area contributed by atoms with E-state index in [2.05, 4.69) is 10.3 Å². The predicted octanol–water partition coefficient (Wildman–Crippen LogP) is 3.25. The number of nitrogens with zero attached hydrogens (tertiary/aromatic N) is 3. The SMILES string of the molecule is COc1cc(-c2cccnc2)cc2c1OCCN(C(=O)Cc1ccc(N3CCNC3=O)cc1)C2. The van der Waals surface area contributed by atoms with Gasteiger partial charge in [-0.05, 0) is 41.5 Å². The summed E-state index contributed by atoms with van der Waals surface area (Å²) < 4.78 is 11.6. The summed E-state index contributed by atoms with van der Waals surface area (Å²) in [7, 11) is 1.62. The molecule has 1 aromatic heterocycles. The van der Waals surface area contributed by atoms with Crippen molar-refractivity contribution in [3.63, 3.8) is 0 Å². The summed E-state index contributed by atoms with van der Waals surface area (Å²) in [4.78, 5) is 32.8. The molecule has 3 aromatic rings. The highest BCUT2D eigenvalue weighted by molar-refractivity contribution is 5.94. The molecule has 0 atom stereocenters. The first kappa shape index (κ1) is 21.8. The average molecular weight is 459 g/mol. The number of rotatable bonds is 5. The Kier molecular flexibility index (Phi) is 6.03. The third kappa shape index (κ3) is 4.39. The number of aromatic nitrogens is 1. The van der Waals surface area contributed by atoms with Crippen LogP contribution in [0.3, 0.4) is 0 Å². The van der Waals surface area contributed by atoms with Crippen molar-refractivity contribution in [1.29, 1.82) is 0 Å². The zero-order chi connectivity index (χ0) is 23.5. The van der Waals surface area contributed by atoms with E-state index < -0.39 is 0 Å². The molecule has 8 heteroatoms. The van der Waals surface area contributed by atoms with Crippen molar-refractivity contribution < 1.29 is 19.1 Å². The first-order valence-electron chi connectivity index (χ1n) is 11.3. The number of pyridine rings is 1. The molecule has 34 heavy (non-hydrogen) atoms. The van der Waals surface area contributed by atoms with Crippen molar-refractivity contribution in [2.24, 2.45) is 0 Å². The quantitative estimate of drug-likeness (QED) is 0.635. The lowest BCUT2D eigenvalue weighted by atomic mass is 10.0. The molecule has 3 amide bonds. The average Bonchev–Trinajstić information content (AvgIpc) is 3.17. The van der Waals surface area contributed by atoms with Crippen LogP contribution in [0.25, 0.3) is 11.1 Å². The lowest BCUT2D eigenvalue weighted by molar-refractivity contribution is -0.131. The van der Waals surface area contributed by atoms with E-state index in [4.69, 9.17) is 9.47 Å². The van der Waals surface area contributed by atoms with Crippen LogP contribution in [0, 0.1) is 0 Å². The number of hydrogen-bond donors (Lipinski definition) is 1. The van der Waals surface area contributed by atoms with Crippen molar-refractivity contribution in [3.05, 3.63) is 72.1 Å². The number of carbonyl (C=O) groups is 2. The maximum Gasteiger partial charge on any atom is 0.321 e. The topological polar surface area (TPSA) is 84.0 Å². The number of anilines is 1. The zero-order valence-corrected chi connectivity index (χ0v) is 19.0. The van der Waals surface area contributed by atoms with Gasteiger partial charge in [0.05, 0.1) is 20.1 Å². The second kappa shape index (κ2) is 9.43. The van der Waals surface area contributed by atoms with E-state index >= 15 is 0 Å². The Morgan fingerprint density at radius 3 is 2.71 bits per heavy atom. The molecule has 174 valence electrons.